The summed E-state index contributed by atoms with van der Waals surface area (Å²) in [5.74, 6) is 3.44. The Hall–Kier alpha value is -11.6. The molecule has 82 heavy (non-hydrogen) atoms. The summed E-state index contributed by atoms with van der Waals surface area (Å²) in [6.07, 6.45) is 0. The van der Waals surface area contributed by atoms with Gasteiger partial charge >= 0.3 is 0 Å². The highest BCUT2D eigenvalue weighted by molar-refractivity contribution is 6.07. The first-order chi connectivity index (χ1) is 40.6. The van der Waals surface area contributed by atoms with Gasteiger partial charge in [-0.3, -0.25) is 4.90 Å². The van der Waals surface area contributed by atoms with Crippen LogP contribution in [0.25, 0.3) is 102 Å². The molecular formula is C71H45N11. The van der Waals surface area contributed by atoms with Crippen LogP contribution < -0.4 is 9.80 Å². The van der Waals surface area contributed by atoms with Crippen molar-refractivity contribution >= 4 is 34.4 Å². The van der Waals surface area contributed by atoms with Gasteiger partial charge in [-0.1, -0.05) is 218 Å². The van der Waals surface area contributed by atoms with Gasteiger partial charge in [-0.05, 0) is 60.2 Å². The van der Waals surface area contributed by atoms with Gasteiger partial charge in [-0.2, -0.15) is 15.2 Å². The minimum Gasteiger partial charge on any atom is -0.306 e. The molecule has 11 nitrogen and oxygen atoms in total. The summed E-state index contributed by atoms with van der Waals surface area (Å²) in [5.41, 5.74) is 14.2. The number of hydrogen-bond donors (Lipinski definition) is 0. The fourth-order valence-electron chi connectivity index (χ4n) is 10.5. The lowest BCUT2D eigenvalue weighted by Crippen LogP contribution is -2.26. The summed E-state index contributed by atoms with van der Waals surface area (Å²) in [7, 11) is 0. The third-order valence-corrected chi connectivity index (χ3v) is 14.4. The fraction of sp³-hybridized carbons (Fsp3) is 0. The van der Waals surface area contributed by atoms with Gasteiger partial charge in [0.2, 0.25) is 5.95 Å². The molecule has 0 bridgehead atoms. The van der Waals surface area contributed by atoms with Crippen LogP contribution in [0.15, 0.2) is 273 Å². The van der Waals surface area contributed by atoms with Crippen molar-refractivity contribution in [1.82, 2.24) is 39.9 Å². The molecule has 0 atom stereocenters. The predicted molar refractivity (Wildman–Crippen MR) is 325 cm³/mol. The van der Waals surface area contributed by atoms with Gasteiger partial charge in [0, 0.05) is 44.5 Å². The van der Waals surface area contributed by atoms with Crippen LogP contribution in [0.5, 0.6) is 0 Å². The number of rotatable bonds is 11. The number of benzene rings is 10. The highest BCUT2D eigenvalue weighted by Gasteiger charge is 2.36. The highest BCUT2D eigenvalue weighted by Crippen LogP contribution is 2.57. The second-order valence-electron chi connectivity index (χ2n) is 19.5. The maximum Gasteiger partial charge on any atom is 0.238 e. The quantitative estimate of drug-likeness (QED) is 0.123. The van der Waals surface area contributed by atoms with Crippen LogP contribution in [-0.4, -0.2) is 39.9 Å². The van der Waals surface area contributed by atoms with E-state index in [1.165, 1.54) is 0 Å². The number of nitriles is 1. The van der Waals surface area contributed by atoms with Gasteiger partial charge in [0.05, 0.1) is 57.0 Å². The molecule has 0 amide bonds. The second kappa shape index (κ2) is 21.3. The number of aromatic nitrogens is 8. The SMILES string of the molecule is N#Cc1ccc(-c2c(-c3nc(-c4ccccc4)nc(-c4ccccc4)n3)ccc(N3c4ccccc4N(c4nc(-c5ccccc5)nc(-c5ccccc5)n4)c4ccccc43)c2-c2nc(-c3ccccc3)cc(-c3ccccc3)n2)cc1. The molecule has 0 spiro atoms. The molecular weight excluding hydrogens is 1010 g/mol. The Morgan fingerprint density at radius 1 is 0.256 bits per heavy atom. The standard InChI is InChI=1S/C71H45N11/c72-46-47-39-41-50(42-40-47)63-55(69-77-65(51-27-11-3-12-28-51)75-66(78-69)52-29-13-4-14-30-52)43-44-62(64(63)70-73-56(48-23-7-1-8-24-48)45-57(74-70)49-25-9-2-10-26-49)81-58-35-19-21-37-60(58)82(61-38-22-20-36-59(61)81)71-79-67(53-31-15-5-16-32-53)76-68(80-71)54-33-17-6-18-34-54/h1-45H. The van der Waals surface area contributed by atoms with Crippen LogP contribution in [0.3, 0.4) is 0 Å². The fourth-order valence-corrected chi connectivity index (χ4v) is 10.5. The molecule has 0 fully saturated rings. The summed E-state index contributed by atoms with van der Waals surface area (Å²) in [4.78, 5) is 47.1. The Morgan fingerprint density at radius 3 is 1.01 bits per heavy atom. The van der Waals surface area contributed by atoms with Crippen molar-refractivity contribution in [2.45, 2.75) is 0 Å². The van der Waals surface area contributed by atoms with E-state index in [1.54, 1.807) is 0 Å². The third-order valence-electron chi connectivity index (χ3n) is 14.4. The molecule has 0 saturated heterocycles. The predicted octanol–water partition coefficient (Wildman–Crippen LogP) is 17.0. The number of para-hydroxylation sites is 4. The van der Waals surface area contributed by atoms with E-state index in [4.69, 9.17) is 39.9 Å². The number of anilines is 6. The van der Waals surface area contributed by atoms with Gasteiger partial charge in [-0.15, -0.1) is 0 Å². The van der Waals surface area contributed by atoms with Gasteiger partial charge in [-0.25, -0.2) is 29.9 Å². The molecule has 1 aliphatic rings. The average molecular weight is 1050 g/mol. The first-order valence-electron chi connectivity index (χ1n) is 26.8. The van der Waals surface area contributed by atoms with Gasteiger partial charge in [0.15, 0.2) is 34.9 Å². The monoisotopic (exact) mass is 1050 g/mol. The van der Waals surface area contributed by atoms with Crippen molar-refractivity contribution in [2.75, 3.05) is 9.80 Å². The summed E-state index contributed by atoms with van der Waals surface area (Å²) >= 11 is 0. The van der Waals surface area contributed by atoms with Crippen molar-refractivity contribution in [1.29, 1.82) is 5.26 Å². The molecule has 0 N–H and O–H groups in total. The molecule has 0 unspecified atom stereocenters. The number of fused-ring (bicyclic) bond motifs is 2. The second-order valence-corrected chi connectivity index (χ2v) is 19.5. The molecule has 0 radical (unpaired) electrons. The van der Waals surface area contributed by atoms with E-state index < -0.39 is 0 Å². The molecule has 13 aromatic rings. The zero-order chi connectivity index (χ0) is 54.8. The summed E-state index contributed by atoms with van der Waals surface area (Å²) in [6, 6.07) is 93.2. The zero-order valence-electron chi connectivity index (χ0n) is 43.9. The van der Waals surface area contributed by atoms with Gasteiger partial charge in [0.25, 0.3) is 0 Å². The zero-order valence-corrected chi connectivity index (χ0v) is 43.9. The molecule has 4 heterocycles. The van der Waals surface area contributed by atoms with Gasteiger partial charge in [0.1, 0.15) is 0 Å². The van der Waals surface area contributed by atoms with Crippen molar-refractivity contribution in [3.63, 3.8) is 0 Å². The molecule has 0 aliphatic carbocycles. The Balaban J connectivity index is 1.08. The maximum atomic E-state index is 10.2. The lowest BCUT2D eigenvalue weighted by molar-refractivity contribution is 1.01. The van der Waals surface area contributed by atoms with E-state index in [0.29, 0.717) is 57.6 Å². The number of hydrogen-bond acceptors (Lipinski definition) is 11. The lowest BCUT2D eigenvalue weighted by atomic mass is 9.90. The van der Waals surface area contributed by atoms with Crippen LogP contribution >= 0.6 is 0 Å². The first kappa shape index (κ1) is 48.7. The smallest absolute Gasteiger partial charge is 0.238 e. The van der Waals surface area contributed by atoms with Crippen LogP contribution in [0, 0.1) is 11.3 Å². The van der Waals surface area contributed by atoms with E-state index in [1.807, 2.05) is 206 Å². The Kier molecular flexibility index (Phi) is 12.7. The molecule has 0 saturated carbocycles. The van der Waals surface area contributed by atoms with E-state index >= 15 is 0 Å². The normalized spacial score (nSPS) is 11.6. The molecule has 14 rings (SSSR count). The Labute approximate surface area is 473 Å². The van der Waals surface area contributed by atoms with E-state index in [9.17, 15) is 5.26 Å². The Bertz CT molecular complexity index is 4280. The first-order valence-corrected chi connectivity index (χ1v) is 26.8. The van der Waals surface area contributed by atoms with Crippen LogP contribution in [0.2, 0.25) is 0 Å². The molecule has 3 aromatic heterocycles. The molecule has 1 aliphatic heterocycles. The summed E-state index contributed by atoms with van der Waals surface area (Å²) < 4.78 is 0. The Morgan fingerprint density at radius 2 is 0.610 bits per heavy atom. The minimum absolute atomic E-state index is 0.436. The van der Waals surface area contributed by atoms with Crippen LogP contribution in [-0.2, 0) is 0 Å². The van der Waals surface area contributed by atoms with Crippen molar-refractivity contribution in [3.05, 3.63) is 279 Å². The average Bonchev–Trinajstić information content (AvgIpc) is 2.51. The molecule has 384 valence electrons. The van der Waals surface area contributed by atoms with Crippen molar-refractivity contribution in [2.24, 2.45) is 0 Å². The van der Waals surface area contributed by atoms with Crippen LogP contribution in [0.1, 0.15) is 5.56 Å². The topological polar surface area (TPSA) is 133 Å². The third kappa shape index (κ3) is 9.23. The van der Waals surface area contributed by atoms with Gasteiger partial charge < -0.3 is 4.90 Å². The van der Waals surface area contributed by atoms with Crippen LogP contribution in [0.4, 0.5) is 34.4 Å². The van der Waals surface area contributed by atoms with Crippen molar-refractivity contribution < 1.29 is 0 Å². The summed E-state index contributed by atoms with van der Waals surface area (Å²) in [5, 5.41) is 10.2. The lowest BCUT2D eigenvalue weighted by Gasteiger charge is -2.40. The minimum atomic E-state index is 0.436. The number of nitrogens with zero attached hydrogens (tertiary/aromatic N) is 11. The van der Waals surface area contributed by atoms with E-state index in [0.717, 1.165) is 84.3 Å². The largest absolute Gasteiger partial charge is 0.306 e. The van der Waals surface area contributed by atoms with Crippen molar-refractivity contribution in [3.8, 4) is 108 Å². The summed E-state index contributed by atoms with van der Waals surface area (Å²) in [6.45, 7) is 0. The molecule has 11 heteroatoms. The maximum absolute atomic E-state index is 10.2. The van der Waals surface area contributed by atoms with E-state index in [2.05, 4.69) is 82.6 Å². The highest BCUT2D eigenvalue weighted by atomic mass is 15.3. The molecule has 10 aromatic carbocycles. The van der Waals surface area contributed by atoms with E-state index in [-0.39, 0.29) is 0 Å².